The van der Waals surface area contributed by atoms with Gasteiger partial charge in [-0.15, -0.1) is 0 Å². The van der Waals surface area contributed by atoms with Gasteiger partial charge in [0, 0.05) is 12.6 Å². The van der Waals surface area contributed by atoms with E-state index in [2.05, 4.69) is 22.0 Å². The molecule has 0 spiro atoms. The maximum atomic E-state index is 14.4. The van der Waals surface area contributed by atoms with E-state index in [4.69, 9.17) is 5.11 Å². The quantitative estimate of drug-likeness (QED) is 0.400. The van der Waals surface area contributed by atoms with Crippen LogP contribution in [-0.4, -0.2) is 30.2 Å². The van der Waals surface area contributed by atoms with E-state index >= 15 is 0 Å². The number of halogens is 2. The highest BCUT2D eigenvalue weighted by atomic mass is 19.1. The van der Waals surface area contributed by atoms with Crippen LogP contribution in [0.1, 0.15) is 28.3 Å². The second-order valence-electron chi connectivity index (χ2n) is 8.17. The summed E-state index contributed by atoms with van der Waals surface area (Å²) in [7, 11) is 0. The van der Waals surface area contributed by atoms with Crippen molar-refractivity contribution in [1.82, 2.24) is 5.32 Å². The molecule has 0 radical (unpaired) electrons. The zero-order valence-corrected chi connectivity index (χ0v) is 18.3. The summed E-state index contributed by atoms with van der Waals surface area (Å²) in [5.74, 6) is -2.73. The van der Waals surface area contributed by atoms with Gasteiger partial charge in [0.25, 0.3) is 0 Å². The molecule has 0 fully saturated rings. The molecule has 3 aromatic rings. The van der Waals surface area contributed by atoms with Crippen LogP contribution in [0, 0.1) is 23.0 Å². The standard InChI is InChI=1S/C26H24F2N4O2/c27-20-13-21(28)19(12-24(33)34)11-17(20)9-10-30-25(16-5-2-1-3-6-16)23-15-31-22-8-4-7-18(14-29)26(22)32-23/h1-8,11,13,23,25,30-32H,9-10,12,15H2,(H,33,34)/t23-,25-/m1/s1. The van der Waals surface area contributed by atoms with Gasteiger partial charge in [0.15, 0.2) is 0 Å². The zero-order valence-electron chi connectivity index (χ0n) is 18.3. The van der Waals surface area contributed by atoms with Crippen LogP contribution in [0.2, 0.25) is 0 Å². The molecule has 0 aromatic heterocycles. The van der Waals surface area contributed by atoms with Crippen LogP contribution in [0.3, 0.4) is 0 Å². The fourth-order valence-electron chi connectivity index (χ4n) is 4.26. The number of carboxylic acids is 1. The first-order valence-electron chi connectivity index (χ1n) is 11.0. The number of carboxylic acid groups (broad SMARTS) is 1. The number of aliphatic carboxylic acids is 1. The van der Waals surface area contributed by atoms with E-state index in [0.717, 1.165) is 23.0 Å². The van der Waals surface area contributed by atoms with E-state index in [-0.39, 0.29) is 29.6 Å². The van der Waals surface area contributed by atoms with Gasteiger partial charge >= 0.3 is 5.97 Å². The van der Waals surface area contributed by atoms with E-state index < -0.39 is 24.0 Å². The number of rotatable bonds is 8. The minimum Gasteiger partial charge on any atom is -0.481 e. The molecule has 0 amide bonds. The second-order valence-corrected chi connectivity index (χ2v) is 8.17. The van der Waals surface area contributed by atoms with Gasteiger partial charge in [-0.3, -0.25) is 4.79 Å². The molecule has 1 aliphatic rings. The van der Waals surface area contributed by atoms with Gasteiger partial charge in [-0.25, -0.2) is 8.78 Å². The highest BCUT2D eigenvalue weighted by Crippen LogP contribution is 2.33. The summed E-state index contributed by atoms with van der Waals surface area (Å²) in [6, 6.07) is 19.3. The number of fused-ring (bicyclic) bond motifs is 1. The predicted octanol–water partition coefficient (Wildman–Crippen LogP) is 4.24. The molecule has 3 aromatic carbocycles. The lowest BCUT2D eigenvalue weighted by Crippen LogP contribution is -2.44. The molecule has 0 saturated heterocycles. The molecule has 6 nitrogen and oxygen atoms in total. The Morgan fingerprint density at radius 2 is 1.88 bits per heavy atom. The van der Waals surface area contributed by atoms with Crippen molar-refractivity contribution < 1.29 is 18.7 Å². The molecular weight excluding hydrogens is 438 g/mol. The SMILES string of the molecule is N#Cc1cccc2c1N[C@@H]([C@H](NCCc1cc(CC(=O)O)c(F)cc1F)c1ccccc1)CN2. The van der Waals surface area contributed by atoms with Crippen LogP contribution in [0.4, 0.5) is 20.2 Å². The van der Waals surface area contributed by atoms with Crippen molar-refractivity contribution in [3.05, 3.63) is 94.6 Å². The van der Waals surface area contributed by atoms with Crippen molar-refractivity contribution in [2.75, 3.05) is 23.7 Å². The lowest BCUT2D eigenvalue weighted by atomic mass is 9.95. The van der Waals surface area contributed by atoms with Gasteiger partial charge in [0.2, 0.25) is 0 Å². The van der Waals surface area contributed by atoms with Crippen molar-refractivity contribution in [2.24, 2.45) is 0 Å². The number of para-hydroxylation sites is 1. The Balaban J connectivity index is 1.53. The molecule has 2 atom stereocenters. The molecule has 4 rings (SSSR count). The first kappa shape index (κ1) is 23.2. The van der Waals surface area contributed by atoms with Crippen molar-refractivity contribution >= 4 is 17.3 Å². The number of benzene rings is 3. The predicted molar refractivity (Wildman–Crippen MR) is 126 cm³/mol. The molecule has 0 bridgehead atoms. The maximum Gasteiger partial charge on any atom is 0.307 e. The van der Waals surface area contributed by atoms with Crippen LogP contribution >= 0.6 is 0 Å². The molecule has 8 heteroatoms. The van der Waals surface area contributed by atoms with E-state index in [1.807, 2.05) is 42.5 Å². The van der Waals surface area contributed by atoms with Gasteiger partial charge in [-0.1, -0.05) is 36.4 Å². The Kier molecular flexibility index (Phi) is 7.04. The van der Waals surface area contributed by atoms with Gasteiger partial charge in [0.05, 0.1) is 35.4 Å². The van der Waals surface area contributed by atoms with Crippen LogP contribution < -0.4 is 16.0 Å². The first-order valence-corrected chi connectivity index (χ1v) is 11.0. The number of hydrogen-bond donors (Lipinski definition) is 4. The number of nitriles is 1. The Morgan fingerprint density at radius 1 is 1.12 bits per heavy atom. The molecule has 34 heavy (non-hydrogen) atoms. The third-order valence-corrected chi connectivity index (χ3v) is 5.90. The van der Waals surface area contributed by atoms with Crippen molar-refractivity contribution in [1.29, 1.82) is 5.26 Å². The Morgan fingerprint density at radius 3 is 2.62 bits per heavy atom. The van der Waals surface area contributed by atoms with E-state index in [0.29, 0.717) is 18.7 Å². The summed E-state index contributed by atoms with van der Waals surface area (Å²) < 4.78 is 28.3. The maximum absolute atomic E-state index is 14.4. The summed E-state index contributed by atoms with van der Waals surface area (Å²) >= 11 is 0. The van der Waals surface area contributed by atoms with Crippen LogP contribution in [-0.2, 0) is 17.6 Å². The Hall–Kier alpha value is -3.96. The fourth-order valence-corrected chi connectivity index (χ4v) is 4.26. The molecular formula is C26H24F2N4O2. The van der Waals surface area contributed by atoms with Crippen molar-refractivity contribution in [3.8, 4) is 6.07 Å². The summed E-state index contributed by atoms with van der Waals surface area (Å²) in [4.78, 5) is 11.0. The van der Waals surface area contributed by atoms with E-state index in [1.165, 1.54) is 6.07 Å². The molecule has 174 valence electrons. The third kappa shape index (κ3) is 5.16. The summed E-state index contributed by atoms with van der Waals surface area (Å²) in [6.07, 6.45) is -0.250. The highest BCUT2D eigenvalue weighted by molar-refractivity contribution is 5.77. The third-order valence-electron chi connectivity index (χ3n) is 5.90. The average Bonchev–Trinajstić information content (AvgIpc) is 2.84. The Labute approximate surface area is 196 Å². The smallest absolute Gasteiger partial charge is 0.307 e. The lowest BCUT2D eigenvalue weighted by Gasteiger charge is -2.35. The van der Waals surface area contributed by atoms with Gasteiger partial charge < -0.3 is 21.1 Å². The lowest BCUT2D eigenvalue weighted by molar-refractivity contribution is -0.136. The van der Waals surface area contributed by atoms with Gasteiger partial charge in [0.1, 0.15) is 17.7 Å². The number of nitrogens with one attached hydrogen (secondary N) is 3. The van der Waals surface area contributed by atoms with Crippen LogP contribution in [0.5, 0.6) is 0 Å². The fraction of sp³-hybridized carbons (Fsp3) is 0.231. The van der Waals surface area contributed by atoms with Crippen LogP contribution in [0.25, 0.3) is 0 Å². The van der Waals surface area contributed by atoms with Gasteiger partial charge in [-0.05, 0) is 47.9 Å². The average molecular weight is 463 g/mol. The molecule has 0 unspecified atom stereocenters. The molecule has 0 saturated carbocycles. The largest absolute Gasteiger partial charge is 0.481 e. The minimum atomic E-state index is -1.17. The second kappa shape index (κ2) is 10.3. The minimum absolute atomic E-state index is 0.0395. The topological polar surface area (TPSA) is 97.2 Å². The summed E-state index contributed by atoms with van der Waals surface area (Å²) in [5, 5.41) is 28.8. The van der Waals surface area contributed by atoms with Crippen molar-refractivity contribution in [3.63, 3.8) is 0 Å². The molecule has 1 aliphatic heterocycles. The summed E-state index contributed by atoms with van der Waals surface area (Å²) in [5.41, 5.74) is 3.38. The van der Waals surface area contributed by atoms with E-state index in [9.17, 15) is 18.8 Å². The number of anilines is 2. The van der Waals surface area contributed by atoms with Crippen LogP contribution in [0.15, 0.2) is 60.7 Å². The number of hydrogen-bond acceptors (Lipinski definition) is 5. The summed E-state index contributed by atoms with van der Waals surface area (Å²) in [6.45, 7) is 0.974. The normalized spacial score (nSPS) is 15.4. The molecule has 1 heterocycles. The monoisotopic (exact) mass is 462 g/mol. The Bertz CT molecular complexity index is 1230. The van der Waals surface area contributed by atoms with Gasteiger partial charge in [-0.2, -0.15) is 5.26 Å². The highest BCUT2D eigenvalue weighted by Gasteiger charge is 2.28. The van der Waals surface area contributed by atoms with Crippen molar-refractivity contribution in [2.45, 2.75) is 24.9 Å². The number of nitrogens with zero attached hydrogens (tertiary/aromatic N) is 1. The molecule has 4 N–H and O–H groups in total. The number of carbonyl (C=O) groups is 1. The van der Waals surface area contributed by atoms with E-state index in [1.54, 1.807) is 6.07 Å². The zero-order chi connectivity index (χ0) is 24.1. The molecule has 0 aliphatic carbocycles. The first-order chi connectivity index (χ1) is 16.5.